The van der Waals surface area contributed by atoms with E-state index in [1.54, 1.807) is 6.08 Å². The predicted molar refractivity (Wildman–Crippen MR) is 101 cm³/mol. The molecule has 0 aliphatic carbocycles. The van der Waals surface area contributed by atoms with Crippen molar-refractivity contribution in [3.05, 3.63) is 82.1 Å². The molecule has 2 aromatic carbocycles. The Morgan fingerprint density at radius 1 is 0.957 bits per heavy atom. The van der Waals surface area contributed by atoms with E-state index in [9.17, 15) is 4.79 Å². The summed E-state index contributed by atoms with van der Waals surface area (Å²) in [4.78, 5) is 11.9. The maximum Gasteiger partial charge on any atom is 0.248 e. The van der Waals surface area contributed by atoms with Gasteiger partial charge in [0.15, 0.2) is 0 Å². The number of nitrogens with one attached hydrogen (secondary N) is 1. The zero-order valence-corrected chi connectivity index (χ0v) is 14.4. The molecule has 0 aliphatic rings. The number of amides is 1. The zero-order chi connectivity index (χ0) is 16.1. The Labute approximate surface area is 148 Å². The Balaban J connectivity index is 1.65. The second kappa shape index (κ2) is 7.28. The molecule has 0 aliphatic heterocycles. The first-order valence-corrected chi connectivity index (χ1v) is 8.18. The first-order valence-electron chi connectivity index (χ1n) is 7.10. The van der Waals surface area contributed by atoms with E-state index in [4.69, 9.17) is 4.42 Å². The third-order valence-electron chi connectivity index (χ3n) is 3.20. The highest BCUT2D eigenvalue weighted by atomic mass is 127. The molecule has 0 saturated heterocycles. The molecular weight excluding hydrogens is 401 g/mol. The summed E-state index contributed by atoms with van der Waals surface area (Å²) in [5.41, 5.74) is 1.78. The van der Waals surface area contributed by atoms with E-state index in [-0.39, 0.29) is 5.91 Å². The van der Waals surface area contributed by atoms with Gasteiger partial charge in [-0.1, -0.05) is 30.3 Å². The van der Waals surface area contributed by atoms with Crippen molar-refractivity contribution < 1.29 is 9.21 Å². The lowest BCUT2D eigenvalue weighted by molar-refractivity contribution is -0.111. The molecule has 1 heterocycles. The molecule has 0 saturated carbocycles. The number of anilines is 1. The van der Waals surface area contributed by atoms with Gasteiger partial charge < -0.3 is 9.73 Å². The number of carbonyl (C=O) groups excluding carboxylic acids is 1. The Morgan fingerprint density at radius 3 is 2.43 bits per heavy atom. The smallest absolute Gasteiger partial charge is 0.248 e. The number of carbonyl (C=O) groups is 1. The van der Waals surface area contributed by atoms with Crippen LogP contribution in [-0.4, -0.2) is 5.91 Å². The molecule has 3 aromatic rings. The molecular formula is C19H14INO2. The quantitative estimate of drug-likeness (QED) is 0.470. The Bertz CT molecular complexity index is 820. The molecule has 0 radical (unpaired) electrons. The molecule has 1 aromatic heterocycles. The minimum Gasteiger partial charge on any atom is -0.457 e. The van der Waals surface area contributed by atoms with Crippen LogP contribution >= 0.6 is 22.6 Å². The van der Waals surface area contributed by atoms with Crippen LogP contribution in [0, 0.1) is 3.57 Å². The highest BCUT2D eigenvalue weighted by molar-refractivity contribution is 14.1. The molecule has 3 nitrogen and oxygen atoms in total. The molecule has 0 spiro atoms. The van der Waals surface area contributed by atoms with E-state index in [1.807, 2.05) is 66.7 Å². The Hall–Kier alpha value is -2.34. The van der Waals surface area contributed by atoms with Crippen LogP contribution in [0.5, 0.6) is 0 Å². The third-order valence-corrected chi connectivity index (χ3v) is 3.91. The van der Waals surface area contributed by atoms with E-state index < -0.39 is 0 Å². The van der Waals surface area contributed by atoms with Crippen molar-refractivity contribution in [3.63, 3.8) is 0 Å². The van der Waals surface area contributed by atoms with Crippen LogP contribution in [0.25, 0.3) is 17.4 Å². The van der Waals surface area contributed by atoms with E-state index in [1.165, 1.54) is 6.08 Å². The molecule has 1 N–H and O–H groups in total. The van der Waals surface area contributed by atoms with Gasteiger partial charge in [-0.05, 0) is 65.1 Å². The fraction of sp³-hybridized carbons (Fsp3) is 0. The highest BCUT2D eigenvalue weighted by Crippen LogP contribution is 2.22. The van der Waals surface area contributed by atoms with Gasteiger partial charge in [-0.3, -0.25) is 4.79 Å². The van der Waals surface area contributed by atoms with Crippen LogP contribution in [0.3, 0.4) is 0 Å². The molecule has 23 heavy (non-hydrogen) atoms. The van der Waals surface area contributed by atoms with E-state index in [0.717, 1.165) is 20.6 Å². The normalized spacial score (nSPS) is 10.8. The van der Waals surface area contributed by atoms with Crippen molar-refractivity contribution in [2.75, 3.05) is 5.32 Å². The first kappa shape index (κ1) is 15.6. The van der Waals surface area contributed by atoms with Crippen LogP contribution < -0.4 is 5.32 Å². The highest BCUT2D eigenvalue weighted by Gasteiger charge is 2.03. The van der Waals surface area contributed by atoms with Gasteiger partial charge in [-0.15, -0.1) is 0 Å². The van der Waals surface area contributed by atoms with E-state index >= 15 is 0 Å². The monoisotopic (exact) mass is 415 g/mol. The van der Waals surface area contributed by atoms with Gasteiger partial charge in [0.25, 0.3) is 0 Å². The summed E-state index contributed by atoms with van der Waals surface area (Å²) in [5, 5.41) is 2.81. The first-order chi connectivity index (χ1) is 11.2. The number of hydrogen-bond acceptors (Lipinski definition) is 2. The van der Waals surface area contributed by atoms with Crippen LogP contribution in [0.15, 0.2) is 77.2 Å². The van der Waals surface area contributed by atoms with Gasteiger partial charge in [0.1, 0.15) is 11.5 Å². The van der Waals surface area contributed by atoms with Crippen LogP contribution in [0.2, 0.25) is 0 Å². The zero-order valence-electron chi connectivity index (χ0n) is 12.2. The van der Waals surface area contributed by atoms with Crippen LogP contribution in [0.4, 0.5) is 5.69 Å². The summed E-state index contributed by atoms with van der Waals surface area (Å²) in [5.74, 6) is 1.23. The average Bonchev–Trinajstić information content (AvgIpc) is 3.05. The maximum absolute atomic E-state index is 11.9. The lowest BCUT2D eigenvalue weighted by atomic mass is 10.2. The summed E-state index contributed by atoms with van der Waals surface area (Å²) in [7, 11) is 0. The third kappa shape index (κ3) is 4.32. The number of furan rings is 1. The molecule has 0 unspecified atom stereocenters. The van der Waals surface area contributed by atoms with E-state index in [2.05, 4.69) is 27.9 Å². The molecule has 3 rings (SSSR count). The standard InChI is InChI=1S/C19H14INO2/c20-15-6-8-16(9-7-15)21-19(22)13-11-17-10-12-18(23-17)14-4-2-1-3-5-14/h1-13H,(H,21,22)/b13-11+. The Morgan fingerprint density at radius 2 is 1.70 bits per heavy atom. The van der Waals surface area contributed by atoms with Gasteiger partial charge in [-0.25, -0.2) is 0 Å². The average molecular weight is 415 g/mol. The van der Waals surface area contributed by atoms with Gasteiger partial charge in [-0.2, -0.15) is 0 Å². The van der Waals surface area contributed by atoms with Crippen molar-refractivity contribution in [3.8, 4) is 11.3 Å². The summed E-state index contributed by atoms with van der Waals surface area (Å²) in [6.07, 6.45) is 3.13. The van der Waals surface area contributed by atoms with E-state index in [0.29, 0.717) is 5.76 Å². The van der Waals surface area contributed by atoms with Crippen molar-refractivity contribution in [1.29, 1.82) is 0 Å². The second-order valence-electron chi connectivity index (χ2n) is 4.90. The summed E-state index contributed by atoms with van der Waals surface area (Å²) < 4.78 is 6.84. The maximum atomic E-state index is 11.9. The number of rotatable bonds is 4. The minimum absolute atomic E-state index is 0.191. The van der Waals surface area contributed by atoms with Crippen molar-refractivity contribution in [1.82, 2.24) is 0 Å². The van der Waals surface area contributed by atoms with Crippen LogP contribution in [-0.2, 0) is 4.79 Å². The van der Waals surface area contributed by atoms with Crippen LogP contribution in [0.1, 0.15) is 5.76 Å². The van der Waals surface area contributed by atoms with Crippen molar-refractivity contribution in [2.45, 2.75) is 0 Å². The van der Waals surface area contributed by atoms with Crippen molar-refractivity contribution >= 4 is 40.3 Å². The summed E-state index contributed by atoms with van der Waals surface area (Å²) in [6.45, 7) is 0. The second-order valence-corrected chi connectivity index (χ2v) is 6.14. The fourth-order valence-electron chi connectivity index (χ4n) is 2.07. The van der Waals surface area contributed by atoms with Gasteiger partial charge in [0, 0.05) is 20.9 Å². The number of hydrogen-bond donors (Lipinski definition) is 1. The summed E-state index contributed by atoms with van der Waals surface area (Å²) in [6, 6.07) is 21.2. The topological polar surface area (TPSA) is 42.2 Å². The number of halogens is 1. The minimum atomic E-state index is -0.191. The van der Waals surface area contributed by atoms with Gasteiger partial charge >= 0.3 is 0 Å². The van der Waals surface area contributed by atoms with Crippen molar-refractivity contribution in [2.24, 2.45) is 0 Å². The predicted octanol–water partition coefficient (Wildman–Crippen LogP) is 5.20. The number of benzene rings is 2. The molecule has 0 atom stereocenters. The molecule has 114 valence electrons. The largest absolute Gasteiger partial charge is 0.457 e. The molecule has 0 bridgehead atoms. The molecule has 0 fully saturated rings. The fourth-order valence-corrected chi connectivity index (χ4v) is 2.43. The lowest BCUT2D eigenvalue weighted by Gasteiger charge is -2.01. The van der Waals surface area contributed by atoms with Gasteiger partial charge in [0.05, 0.1) is 0 Å². The molecule has 4 heteroatoms. The molecule has 1 amide bonds. The lowest BCUT2D eigenvalue weighted by Crippen LogP contribution is -2.07. The summed E-state index contributed by atoms with van der Waals surface area (Å²) >= 11 is 2.22. The van der Waals surface area contributed by atoms with Gasteiger partial charge in [0.2, 0.25) is 5.91 Å². The SMILES string of the molecule is O=C(/C=C/c1ccc(-c2ccccc2)o1)Nc1ccc(I)cc1. The Kier molecular flexibility index (Phi) is 4.92.